The van der Waals surface area contributed by atoms with Crippen LogP contribution in [0.1, 0.15) is 18.9 Å². The van der Waals surface area contributed by atoms with Crippen molar-refractivity contribution in [1.29, 1.82) is 0 Å². The zero-order valence-electron chi connectivity index (χ0n) is 7.81. The second-order valence-corrected chi connectivity index (χ2v) is 3.17. The van der Waals surface area contributed by atoms with Gasteiger partial charge in [-0.15, -0.1) is 0 Å². The Morgan fingerprint density at radius 1 is 1.36 bits per heavy atom. The molecule has 0 radical (unpaired) electrons. The third-order valence-electron chi connectivity index (χ3n) is 2.35. The molecular weight excluding hydrogens is 191 g/mol. The molecule has 0 heterocycles. The molecular formula is C10H12F3N. The highest BCUT2D eigenvalue weighted by Gasteiger charge is 2.37. The van der Waals surface area contributed by atoms with Crippen LogP contribution in [0.15, 0.2) is 24.3 Å². The molecule has 0 aliphatic heterocycles. The fourth-order valence-electron chi connectivity index (χ4n) is 1.30. The third kappa shape index (κ3) is 1.75. The summed E-state index contributed by atoms with van der Waals surface area (Å²) in [6.45, 7) is 1.51. The molecule has 1 atom stereocenters. The maximum atomic E-state index is 13.2. The van der Waals surface area contributed by atoms with Gasteiger partial charge in [0.25, 0.3) is 6.43 Å². The van der Waals surface area contributed by atoms with Crippen molar-refractivity contribution in [1.82, 2.24) is 0 Å². The first-order chi connectivity index (χ1) is 6.52. The first kappa shape index (κ1) is 11.0. The molecule has 0 bridgehead atoms. The molecule has 1 unspecified atom stereocenters. The van der Waals surface area contributed by atoms with Gasteiger partial charge in [-0.3, -0.25) is 0 Å². The summed E-state index contributed by atoms with van der Waals surface area (Å²) in [5, 5.41) is 0. The van der Waals surface area contributed by atoms with Crippen LogP contribution >= 0.6 is 0 Å². The summed E-state index contributed by atoms with van der Waals surface area (Å²) in [4.78, 5) is 0. The van der Waals surface area contributed by atoms with Gasteiger partial charge in [0.15, 0.2) is 0 Å². The SMILES string of the molecule is CCC(N)(c1ccccc1F)C(F)F. The summed E-state index contributed by atoms with van der Waals surface area (Å²) in [5.41, 5.74) is 3.46. The number of benzene rings is 1. The standard InChI is InChI=1S/C10H12F3N/c1-2-10(14,9(12)13)7-5-3-4-6-8(7)11/h3-6,9H,2,14H2,1H3. The normalized spacial score (nSPS) is 15.6. The molecule has 1 rings (SSSR count). The molecule has 0 saturated heterocycles. The fourth-order valence-corrected chi connectivity index (χ4v) is 1.30. The van der Waals surface area contributed by atoms with E-state index in [0.717, 1.165) is 6.07 Å². The molecule has 1 aromatic carbocycles. The van der Waals surface area contributed by atoms with E-state index in [1.807, 2.05) is 0 Å². The van der Waals surface area contributed by atoms with Crippen LogP contribution in [0.25, 0.3) is 0 Å². The first-order valence-corrected chi connectivity index (χ1v) is 4.34. The van der Waals surface area contributed by atoms with E-state index >= 15 is 0 Å². The predicted octanol–water partition coefficient (Wildman–Crippen LogP) is 2.65. The van der Waals surface area contributed by atoms with Gasteiger partial charge in [-0.05, 0) is 12.5 Å². The Morgan fingerprint density at radius 3 is 2.36 bits per heavy atom. The van der Waals surface area contributed by atoms with Gasteiger partial charge in [-0.2, -0.15) is 0 Å². The van der Waals surface area contributed by atoms with Crippen molar-refractivity contribution in [2.75, 3.05) is 0 Å². The van der Waals surface area contributed by atoms with Crippen LogP contribution in [0.4, 0.5) is 13.2 Å². The molecule has 0 aliphatic rings. The Bertz CT molecular complexity index is 314. The number of nitrogens with two attached hydrogens (primary N) is 1. The van der Waals surface area contributed by atoms with E-state index in [1.165, 1.54) is 25.1 Å². The summed E-state index contributed by atoms with van der Waals surface area (Å²) in [6.07, 6.45) is -2.78. The Kier molecular flexibility index (Phi) is 3.16. The van der Waals surface area contributed by atoms with Crippen LogP contribution in [0.5, 0.6) is 0 Å². The fraction of sp³-hybridized carbons (Fsp3) is 0.400. The molecule has 4 heteroatoms. The van der Waals surface area contributed by atoms with E-state index in [1.54, 1.807) is 0 Å². The summed E-state index contributed by atoms with van der Waals surface area (Å²) in [7, 11) is 0. The molecule has 14 heavy (non-hydrogen) atoms. The van der Waals surface area contributed by atoms with Crippen molar-refractivity contribution >= 4 is 0 Å². The largest absolute Gasteiger partial charge is 0.317 e. The molecule has 1 aromatic rings. The van der Waals surface area contributed by atoms with Gasteiger partial charge < -0.3 is 5.73 Å². The quantitative estimate of drug-likeness (QED) is 0.803. The topological polar surface area (TPSA) is 26.0 Å². The van der Waals surface area contributed by atoms with Gasteiger partial charge in [-0.1, -0.05) is 25.1 Å². The van der Waals surface area contributed by atoms with Crippen LogP contribution < -0.4 is 5.73 Å². The minimum Gasteiger partial charge on any atom is -0.317 e. The van der Waals surface area contributed by atoms with Crippen LogP contribution in [-0.4, -0.2) is 6.43 Å². The molecule has 0 aliphatic carbocycles. The number of hydrogen-bond donors (Lipinski definition) is 1. The number of halogens is 3. The average Bonchev–Trinajstić information content (AvgIpc) is 2.17. The van der Waals surface area contributed by atoms with Crippen molar-refractivity contribution in [3.8, 4) is 0 Å². The van der Waals surface area contributed by atoms with Gasteiger partial charge in [0.2, 0.25) is 0 Å². The van der Waals surface area contributed by atoms with E-state index in [2.05, 4.69) is 0 Å². The second kappa shape index (κ2) is 4.00. The first-order valence-electron chi connectivity index (χ1n) is 4.34. The minimum atomic E-state index is -2.77. The van der Waals surface area contributed by atoms with Gasteiger partial charge in [-0.25, -0.2) is 13.2 Å². The Morgan fingerprint density at radius 2 is 1.93 bits per heavy atom. The van der Waals surface area contributed by atoms with Gasteiger partial charge in [0.05, 0.1) is 0 Å². The number of alkyl halides is 2. The Balaban J connectivity index is 3.19. The van der Waals surface area contributed by atoms with Gasteiger partial charge >= 0.3 is 0 Å². The Labute approximate surface area is 80.7 Å². The van der Waals surface area contributed by atoms with E-state index in [0.29, 0.717) is 0 Å². The van der Waals surface area contributed by atoms with Gasteiger partial charge in [0, 0.05) is 5.56 Å². The summed E-state index contributed by atoms with van der Waals surface area (Å²) >= 11 is 0. The van der Waals surface area contributed by atoms with Crippen molar-refractivity contribution < 1.29 is 13.2 Å². The highest BCUT2D eigenvalue weighted by molar-refractivity contribution is 5.26. The molecule has 0 fully saturated rings. The van der Waals surface area contributed by atoms with Crippen LogP contribution in [0.2, 0.25) is 0 Å². The van der Waals surface area contributed by atoms with Crippen LogP contribution in [-0.2, 0) is 5.54 Å². The molecule has 78 valence electrons. The lowest BCUT2D eigenvalue weighted by atomic mass is 9.88. The Hall–Kier alpha value is -1.03. The molecule has 0 aromatic heterocycles. The predicted molar refractivity (Wildman–Crippen MR) is 48.6 cm³/mol. The summed E-state index contributed by atoms with van der Waals surface area (Å²) in [6, 6.07) is 5.37. The maximum absolute atomic E-state index is 13.2. The molecule has 0 spiro atoms. The number of hydrogen-bond acceptors (Lipinski definition) is 1. The minimum absolute atomic E-state index is 0.00833. The van der Waals surface area contributed by atoms with Gasteiger partial charge in [0.1, 0.15) is 11.4 Å². The smallest absolute Gasteiger partial charge is 0.260 e. The van der Waals surface area contributed by atoms with Crippen molar-refractivity contribution in [3.05, 3.63) is 35.6 Å². The van der Waals surface area contributed by atoms with Crippen molar-refractivity contribution in [2.24, 2.45) is 5.73 Å². The molecule has 1 nitrogen and oxygen atoms in total. The van der Waals surface area contributed by atoms with E-state index in [9.17, 15) is 13.2 Å². The second-order valence-electron chi connectivity index (χ2n) is 3.17. The lowest BCUT2D eigenvalue weighted by Crippen LogP contribution is -2.44. The summed E-state index contributed by atoms with van der Waals surface area (Å²) in [5.74, 6) is -0.683. The number of rotatable bonds is 3. The molecule has 0 saturated carbocycles. The highest BCUT2D eigenvalue weighted by atomic mass is 19.3. The molecule has 0 amide bonds. The summed E-state index contributed by atoms with van der Waals surface area (Å²) < 4.78 is 38.5. The zero-order valence-corrected chi connectivity index (χ0v) is 7.81. The van der Waals surface area contributed by atoms with Crippen molar-refractivity contribution in [3.63, 3.8) is 0 Å². The van der Waals surface area contributed by atoms with Crippen LogP contribution in [0, 0.1) is 5.82 Å². The lowest BCUT2D eigenvalue weighted by molar-refractivity contribution is 0.0473. The third-order valence-corrected chi connectivity index (χ3v) is 2.35. The van der Waals surface area contributed by atoms with Crippen LogP contribution in [0.3, 0.4) is 0 Å². The monoisotopic (exact) mass is 203 g/mol. The average molecular weight is 203 g/mol. The lowest BCUT2D eigenvalue weighted by Gasteiger charge is -2.27. The van der Waals surface area contributed by atoms with E-state index in [4.69, 9.17) is 5.73 Å². The van der Waals surface area contributed by atoms with E-state index < -0.39 is 17.8 Å². The maximum Gasteiger partial charge on any atom is 0.260 e. The molecule has 2 N–H and O–H groups in total. The van der Waals surface area contributed by atoms with Crippen molar-refractivity contribution in [2.45, 2.75) is 25.3 Å². The zero-order chi connectivity index (χ0) is 10.8. The highest BCUT2D eigenvalue weighted by Crippen LogP contribution is 2.30. The van der Waals surface area contributed by atoms with E-state index in [-0.39, 0.29) is 12.0 Å².